The lowest BCUT2D eigenvalue weighted by Gasteiger charge is -2.33. The highest BCUT2D eigenvalue weighted by Crippen LogP contribution is 2.27. The van der Waals surface area contributed by atoms with Crippen molar-refractivity contribution in [3.8, 4) is 11.6 Å². The number of benzene rings is 1. The summed E-state index contributed by atoms with van der Waals surface area (Å²) in [6.07, 6.45) is 7.61. The summed E-state index contributed by atoms with van der Waals surface area (Å²) < 4.78 is 7.59. The molecule has 0 saturated heterocycles. The van der Waals surface area contributed by atoms with Crippen LogP contribution in [0.1, 0.15) is 44.6 Å². The van der Waals surface area contributed by atoms with Crippen molar-refractivity contribution < 1.29 is 9.21 Å². The van der Waals surface area contributed by atoms with Crippen LogP contribution in [0.4, 0.5) is 0 Å². The SMILES string of the molecule is CCN(C(=O)CSc1nnc(-c2ccco2)n1Cc1ccccc1)C1CCCCC1. The highest BCUT2D eigenvalue weighted by molar-refractivity contribution is 7.99. The average Bonchev–Trinajstić information content (AvgIpc) is 3.44. The summed E-state index contributed by atoms with van der Waals surface area (Å²) in [6, 6.07) is 14.3. The molecule has 0 spiro atoms. The fraction of sp³-hybridized carbons (Fsp3) is 0.435. The Balaban J connectivity index is 1.51. The van der Waals surface area contributed by atoms with Crippen LogP contribution in [0, 0.1) is 0 Å². The van der Waals surface area contributed by atoms with Gasteiger partial charge in [-0.15, -0.1) is 10.2 Å². The van der Waals surface area contributed by atoms with Crippen LogP contribution >= 0.6 is 11.8 Å². The molecule has 2 heterocycles. The largest absolute Gasteiger partial charge is 0.461 e. The van der Waals surface area contributed by atoms with E-state index in [9.17, 15) is 4.79 Å². The molecule has 0 N–H and O–H groups in total. The van der Waals surface area contributed by atoms with Crippen LogP contribution < -0.4 is 0 Å². The van der Waals surface area contributed by atoms with E-state index in [4.69, 9.17) is 4.42 Å². The number of hydrogen-bond acceptors (Lipinski definition) is 5. The Morgan fingerprint density at radius 2 is 1.93 bits per heavy atom. The predicted octanol–water partition coefficient (Wildman–Crippen LogP) is 4.86. The van der Waals surface area contributed by atoms with Crippen molar-refractivity contribution in [2.75, 3.05) is 12.3 Å². The van der Waals surface area contributed by atoms with Crippen LogP contribution in [-0.4, -0.2) is 43.9 Å². The minimum atomic E-state index is 0.184. The van der Waals surface area contributed by atoms with E-state index in [1.807, 2.05) is 34.9 Å². The fourth-order valence-electron chi connectivity index (χ4n) is 4.13. The molecule has 30 heavy (non-hydrogen) atoms. The number of amides is 1. The number of hydrogen-bond donors (Lipinski definition) is 0. The van der Waals surface area contributed by atoms with Gasteiger partial charge in [0.05, 0.1) is 18.6 Å². The van der Waals surface area contributed by atoms with Gasteiger partial charge in [0.1, 0.15) is 0 Å². The molecule has 1 amide bonds. The topological polar surface area (TPSA) is 64.2 Å². The van der Waals surface area contributed by atoms with Crippen molar-refractivity contribution in [2.45, 2.75) is 56.8 Å². The van der Waals surface area contributed by atoms with E-state index in [1.165, 1.54) is 31.0 Å². The molecular weight excluding hydrogens is 396 g/mol. The van der Waals surface area contributed by atoms with Gasteiger partial charge in [-0.25, -0.2) is 0 Å². The summed E-state index contributed by atoms with van der Waals surface area (Å²) in [7, 11) is 0. The van der Waals surface area contributed by atoms with E-state index in [0.717, 1.165) is 30.1 Å². The van der Waals surface area contributed by atoms with Gasteiger partial charge in [-0.05, 0) is 37.5 Å². The lowest BCUT2D eigenvalue weighted by Crippen LogP contribution is -2.42. The molecule has 1 fully saturated rings. The van der Waals surface area contributed by atoms with Crippen LogP contribution in [0.5, 0.6) is 0 Å². The Labute approximate surface area is 181 Å². The smallest absolute Gasteiger partial charge is 0.233 e. The average molecular weight is 425 g/mol. The molecule has 7 heteroatoms. The molecule has 1 aliphatic carbocycles. The highest BCUT2D eigenvalue weighted by Gasteiger charge is 2.25. The minimum Gasteiger partial charge on any atom is -0.461 e. The zero-order valence-electron chi connectivity index (χ0n) is 17.4. The molecule has 1 saturated carbocycles. The molecule has 1 aromatic carbocycles. The third-order valence-electron chi connectivity index (χ3n) is 5.64. The maximum atomic E-state index is 13.0. The molecule has 6 nitrogen and oxygen atoms in total. The van der Waals surface area contributed by atoms with E-state index in [-0.39, 0.29) is 5.91 Å². The summed E-state index contributed by atoms with van der Waals surface area (Å²) in [5.74, 6) is 1.91. The van der Waals surface area contributed by atoms with Gasteiger partial charge in [0.2, 0.25) is 11.7 Å². The third kappa shape index (κ3) is 4.78. The van der Waals surface area contributed by atoms with Gasteiger partial charge in [0.15, 0.2) is 10.9 Å². The van der Waals surface area contributed by atoms with Crippen LogP contribution in [0.2, 0.25) is 0 Å². The number of furan rings is 1. The van der Waals surface area contributed by atoms with E-state index in [1.54, 1.807) is 6.26 Å². The lowest BCUT2D eigenvalue weighted by molar-refractivity contribution is -0.131. The molecule has 158 valence electrons. The van der Waals surface area contributed by atoms with Gasteiger partial charge in [-0.1, -0.05) is 61.4 Å². The van der Waals surface area contributed by atoms with Crippen LogP contribution in [0.15, 0.2) is 58.3 Å². The second-order valence-electron chi connectivity index (χ2n) is 7.62. The minimum absolute atomic E-state index is 0.184. The van der Waals surface area contributed by atoms with E-state index in [0.29, 0.717) is 29.9 Å². The second-order valence-corrected chi connectivity index (χ2v) is 8.56. The molecule has 3 aromatic rings. The van der Waals surface area contributed by atoms with Crippen molar-refractivity contribution in [2.24, 2.45) is 0 Å². The summed E-state index contributed by atoms with van der Waals surface area (Å²) in [4.78, 5) is 15.0. The number of nitrogens with zero attached hydrogens (tertiary/aromatic N) is 4. The molecule has 0 aliphatic heterocycles. The maximum Gasteiger partial charge on any atom is 0.233 e. The zero-order valence-corrected chi connectivity index (χ0v) is 18.2. The van der Waals surface area contributed by atoms with Crippen molar-refractivity contribution in [3.63, 3.8) is 0 Å². The summed E-state index contributed by atoms with van der Waals surface area (Å²) in [5, 5.41) is 9.48. The number of thioether (sulfide) groups is 1. The van der Waals surface area contributed by atoms with Crippen molar-refractivity contribution in [3.05, 3.63) is 54.3 Å². The molecule has 0 atom stereocenters. The summed E-state index contributed by atoms with van der Waals surface area (Å²) in [5.41, 5.74) is 1.15. The van der Waals surface area contributed by atoms with Gasteiger partial charge >= 0.3 is 0 Å². The van der Waals surface area contributed by atoms with Crippen LogP contribution in [-0.2, 0) is 11.3 Å². The molecular formula is C23H28N4O2S. The van der Waals surface area contributed by atoms with E-state index < -0.39 is 0 Å². The number of carbonyl (C=O) groups is 1. The van der Waals surface area contributed by atoms with Crippen molar-refractivity contribution >= 4 is 17.7 Å². The highest BCUT2D eigenvalue weighted by atomic mass is 32.2. The standard InChI is InChI=1S/C23H28N4O2S/c1-2-26(19-12-7-4-8-13-19)21(28)17-30-23-25-24-22(20-14-9-15-29-20)27(23)16-18-10-5-3-6-11-18/h3,5-6,9-11,14-15,19H,2,4,7-8,12-13,16-17H2,1H3. The first-order valence-corrected chi connectivity index (χ1v) is 11.7. The number of aromatic nitrogens is 3. The Kier molecular flexibility index (Phi) is 6.89. The maximum absolute atomic E-state index is 13.0. The molecule has 1 aliphatic rings. The van der Waals surface area contributed by atoms with Gasteiger partial charge < -0.3 is 9.32 Å². The van der Waals surface area contributed by atoms with Gasteiger partial charge in [0.25, 0.3) is 0 Å². The van der Waals surface area contributed by atoms with E-state index >= 15 is 0 Å². The summed E-state index contributed by atoms with van der Waals surface area (Å²) >= 11 is 1.46. The first-order valence-electron chi connectivity index (χ1n) is 10.7. The quantitative estimate of drug-likeness (QED) is 0.483. The summed E-state index contributed by atoms with van der Waals surface area (Å²) in [6.45, 7) is 3.46. The molecule has 0 bridgehead atoms. The second kappa shape index (κ2) is 9.98. The van der Waals surface area contributed by atoms with Gasteiger partial charge in [0, 0.05) is 12.6 Å². The van der Waals surface area contributed by atoms with Gasteiger partial charge in [-0.3, -0.25) is 9.36 Å². The van der Waals surface area contributed by atoms with Crippen molar-refractivity contribution in [1.29, 1.82) is 0 Å². The van der Waals surface area contributed by atoms with E-state index in [2.05, 4.69) is 34.2 Å². The Morgan fingerprint density at radius 1 is 1.13 bits per heavy atom. The Morgan fingerprint density at radius 3 is 2.63 bits per heavy atom. The lowest BCUT2D eigenvalue weighted by atomic mass is 9.94. The molecule has 0 radical (unpaired) electrons. The molecule has 4 rings (SSSR count). The predicted molar refractivity (Wildman–Crippen MR) is 118 cm³/mol. The van der Waals surface area contributed by atoms with Gasteiger partial charge in [-0.2, -0.15) is 0 Å². The molecule has 0 unspecified atom stereocenters. The zero-order chi connectivity index (χ0) is 20.8. The van der Waals surface area contributed by atoms with Crippen molar-refractivity contribution in [1.82, 2.24) is 19.7 Å². The Hall–Kier alpha value is -2.54. The molecule has 2 aromatic heterocycles. The first kappa shape index (κ1) is 20.7. The first-order chi connectivity index (χ1) is 14.8. The van der Waals surface area contributed by atoms with Crippen LogP contribution in [0.25, 0.3) is 11.6 Å². The number of rotatable bonds is 8. The fourth-order valence-corrected chi connectivity index (χ4v) is 4.96. The third-order valence-corrected chi connectivity index (χ3v) is 6.59. The normalized spacial score (nSPS) is 14.7. The van der Waals surface area contributed by atoms with Crippen LogP contribution in [0.3, 0.4) is 0 Å². The number of carbonyl (C=O) groups excluding carboxylic acids is 1. The Bertz CT molecular complexity index is 934. The monoisotopic (exact) mass is 424 g/mol.